The number of hydrogen-bond donors (Lipinski definition) is 1. The number of nitro groups is 1. The normalized spacial score (nSPS) is 16.8. The van der Waals surface area contributed by atoms with E-state index in [1.807, 2.05) is 56.3 Å². The van der Waals surface area contributed by atoms with Crippen LogP contribution in [0.3, 0.4) is 0 Å². The molecule has 0 saturated carbocycles. The van der Waals surface area contributed by atoms with E-state index in [-0.39, 0.29) is 17.8 Å². The highest BCUT2D eigenvalue weighted by Crippen LogP contribution is 2.46. The van der Waals surface area contributed by atoms with E-state index in [9.17, 15) is 10.1 Å². The number of rotatable bonds is 7. The number of hydrogen-bond acceptors (Lipinski definition) is 6. The van der Waals surface area contributed by atoms with Gasteiger partial charge in [-0.3, -0.25) is 15.1 Å². The number of benzene rings is 2. The van der Waals surface area contributed by atoms with Crippen LogP contribution in [0.15, 0.2) is 72.9 Å². The van der Waals surface area contributed by atoms with Gasteiger partial charge in [-0.2, -0.15) is 0 Å². The third-order valence-electron chi connectivity index (χ3n) is 6.85. The van der Waals surface area contributed by atoms with Crippen LogP contribution in [0.4, 0.5) is 11.4 Å². The van der Waals surface area contributed by atoms with Crippen LogP contribution in [0, 0.1) is 24.0 Å². The van der Waals surface area contributed by atoms with Crippen LogP contribution in [0.5, 0.6) is 11.5 Å². The summed E-state index contributed by atoms with van der Waals surface area (Å²) in [5.41, 5.74) is 5.30. The van der Waals surface area contributed by atoms with Crippen molar-refractivity contribution >= 4 is 28.7 Å². The topological polar surface area (TPSA) is 94.7 Å². The molecule has 1 aliphatic rings. The van der Waals surface area contributed by atoms with E-state index in [0.29, 0.717) is 22.3 Å². The van der Waals surface area contributed by atoms with Gasteiger partial charge in [-0.1, -0.05) is 18.2 Å². The van der Waals surface area contributed by atoms with Crippen molar-refractivity contribution in [1.82, 2.24) is 14.9 Å². The number of anilines is 1. The van der Waals surface area contributed by atoms with Crippen LogP contribution in [-0.4, -0.2) is 33.8 Å². The Hall–Kier alpha value is -4.44. The summed E-state index contributed by atoms with van der Waals surface area (Å²) in [5.74, 6) is 1.12. The molecule has 4 aromatic rings. The molecule has 1 fully saturated rings. The molecule has 194 valence electrons. The number of ether oxygens (including phenoxy) is 2. The number of nitrogens with one attached hydrogen (secondary N) is 1. The summed E-state index contributed by atoms with van der Waals surface area (Å²) < 4.78 is 13.3. The minimum absolute atomic E-state index is 0.0313. The summed E-state index contributed by atoms with van der Waals surface area (Å²) in [6, 6.07) is 19.9. The molecule has 1 N–H and O–H groups in total. The molecule has 2 aromatic heterocycles. The molecule has 0 bridgehead atoms. The zero-order chi connectivity index (χ0) is 27.0. The van der Waals surface area contributed by atoms with Crippen molar-refractivity contribution in [2.75, 3.05) is 19.1 Å². The largest absolute Gasteiger partial charge is 0.495 e. The molecule has 9 nitrogen and oxygen atoms in total. The average Bonchev–Trinajstić information content (AvgIpc) is 3.43. The van der Waals surface area contributed by atoms with Crippen LogP contribution in [0.1, 0.15) is 34.7 Å². The van der Waals surface area contributed by atoms with E-state index in [0.717, 1.165) is 28.3 Å². The fourth-order valence-corrected chi connectivity index (χ4v) is 5.52. The second-order valence-electron chi connectivity index (χ2n) is 8.94. The second kappa shape index (κ2) is 10.1. The SMILES string of the molecule is COc1ccccc1N1C(=S)N[C@@H](c2ccccn2)[C@H]1c1cc(C)n(-c2ccc([N+](=O)[O-])cc2OC)c1C. The van der Waals surface area contributed by atoms with Crippen LogP contribution < -0.4 is 19.7 Å². The highest BCUT2D eigenvalue weighted by molar-refractivity contribution is 7.80. The number of aromatic nitrogens is 2. The Morgan fingerprint density at radius 1 is 0.974 bits per heavy atom. The number of aryl methyl sites for hydroxylation is 1. The van der Waals surface area contributed by atoms with Gasteiger partial charge in [0.05, 0.1) is 54.4 Å². The van der Waals surface area contributed by atoms with Gasteiger partial charge in [-0.25, -0.2) is 0 Å². The van der Waals surface area contributed by atoms with Gasteiger partial charge in [0.25, 0.3) is 5.69 Å². The number of nitro benzene ring substituents is 1. The minimum Gasteiger partial charge on any atom is -0.495 e. The highest BCUT2D eigenvalue weighted by Gasteiger charge is 2.43. The van der Waals surface area contributed by atoms with Crippen LogP contribution in [0.25, 0.3) is 5.69 Å². The quantitative estimate of drug-likeness (QED) is 0.188. The maximum Gasteiger partial charge on any atom is 0.273 e. The van der Waals surface area contributed by atoms with Gasteiger partial charge < -0.3 is 24.3 Å². The molecule has 10 heteroatoms. The summed E-state index contributed by atoms with van der Waals surface area (Å²) in [4.78, 5) is 17.6. The third kappa shape index (κ3) is 4.22. The van der Waals surface area contributed by atoms with Gasteiger partial charge >= 0.3 is 0 Å². The number of nitrogens with zero attached hydrogens (tertiary/aromatic N) is 4. The second-order valence-corrected chi connectivity index (χ2v) is 9.33. The molecule has 0 radical (unpaired) electrons. The van der Waals surface area contributed by atoms with Crippen LogP contribution in [-0.2, 0) is 0 Å². The summed E-state index contributed by atoms with van der Waals surface area (Å²) in [6.07, 6.45) is 1.77. The van der Waals surface area contributed by atoms with Gasteiger partial charge in [0.1, 0.15) is 11.5 Å². The van der Waals surface area contributed by atoms with Crippen molar-refractivity contribution in [2.45, 2.75) is 25.9 Å². The molecule has 0 amide bonds. The van der Waals surface area contributed by atoms with Gasteiger partial charge in [0.15, 0.2) is 5.11 Å². The first-order chi connectivity index (χ1) is 18.3. The number of methoxy groups -OCH3 is 2. The Bertz CT molecular complexity index is 1520. The number of pyridine rings is 1. The lowest BCUT2D eigenvalue weighted by Gasteiger charge is -2.29. The predicted molar refractivity (Wildman–Crippen MR) is 149 cm³/mol. The average molecular weight is 530 g/mol. The lowest BCUT2D eigenvalue weighted by atomic mass is 9.96. The van der Waals surface area contributed by atoms with E-state index in [1.54, 1.807) is 19.4 Å². The molecule has 0 spiro atoms. The summed E-state index contributed by atoms with van der Waals surface area (Å²) in [6.45, 7) is 4.03. The maximum absolute atomic E-state index is 11.4. The van der Waals surface area contributed by atoms with Crippen molar-refractivity contribution in [3.63, 3.8) is 0 Å². The molecule has 0 aliphatic carbocycles. The van der Waals surface area contributed by atoms with Gasteiger partial charge in [0, 0.05) is 23.7 Å². The van der Waals surface area contributed by atoms with Crippen molar-refractivity contribution in [3.05, 3.63) is 106 Å². The standard InChI is InChI=1S/C28H27N5O4S/c1-17-15-20(18(2)31(17)23-13-12-19(33(34)35)16-25(23)37-4)27-26(21-9-7-8-14-29-21)30-28(38)32(27)22-10-5-6-11-24(22)36-3/h5-16,26-27H,1-4H3,(H,30,38)/t26-,27+/m0/s1. The summed E-state index contributed by atoms with van der Waals surface area (Å²) in [7, 11) is 3.15. The number of para-hydroxylation sites is 2. The molecule has 5 rings (SSSR count). The molecule has 3 heterocycles. The fraction of sp³-hybridized carbons (Fsp3) is 0.214. The summed E-state index contributed by atoms with van der Waals surface area (Å²) in [5, 5.41) is 15.4. The Morgan fingerprint density at radius 3 is 2.39 bits per heavy atom. The first-order valence-electron chi connectivity index (χ1n) is 12.0. The third-order valence-corrected chi connectivity index (χ3v) is 7.16. The molecular weight excluding hydrogens is 502 g/mol. The zero-order valence-corrected chi connectivity index (χ0v) is 22.2. The Morgan fingerprint density at radius 2 is 1.71 bits per heavy atom. The zero-order valence-electron chi connectivity index (χ0n) is 21.4. The first-order valence-corrected chi connectivity index (χ1v) is 12.4. The highest BCUT2D eigenvalue weighted by atomic mass is 32.1. The molecular formula is C28H27N5O4S. The maximum atomic E-state index is 11.4. The first kappa shape index (κ1) is 25.2. The lowest BCUT2D eigenvalue weighted by Crippen LogP contribution is -2.30. The van der Waals surface area contributed by atoms with E-state index in [1.165, 1.54) is 19.2 Å². The van der Waals surface area contributed by atoms with E-state index in [2.05, 4.69) is 25.8 Å². The predicted octanol–water partition coefficient (Wildman–Crippen LogP) is 5.59. The van der Waals surface area contributed by atoms with Gasteiger partial charge in [-0.05, 0) is 68.0 Å². The molecule has 2 atom stereocenters. The summed E-state index contributed by atoms with van der Waals surface area (Å²) >= 11 is 5.88. The minimum atomic E-state index is -0.430. The number of non-ortho nitro benzene ring substituents is 1. The van der Waals surface area contributed by atoms with E-state index >= 15 is 0 Å². The Balaban J connectivity index is 1.70. The smallest absolute Gasteiger partial charge is 0.273 e. The molecule has 1 aliphatic heterocycles. The van der Waals surface area contributed by atoms with Gasteiger partial charge in [0.2, 0.25) is 0 Å². The van der Waals surface area contributed by atoms with Crippen molar-refractivity contribution < 1.29 is 14.4 Å². The van der Waals surface area contributed by atoms with Crippen LogP contribution in [0.2, 0.25) is 0 Å². The van der Waals surface area contributed by atoms with Crippen molar-refractivity contribution in [1.29, 1.82) is 0 Å². The molecule has 0 unspecified atom stereocenters. The fourth-order valence-electron chi connectivity index (χ4n) is 5.18. The lowest BCUT2D eigenvalue weighted by molar-refractivity contribution is -0.384. The van der Waals surface area contributed by atoms with Gasteiger partial charge in [-0.15, -0.1) is 0 Å². The molecule has 38 heavy (non-hydrogen) atoms. The van der Waals surface area contributed by atoms with Crippen LogP contribution >= 0.6 is 12.2 Å². The van der Waals surface area contributed by atoms with Crippen molar-refractivity contribution in [3.8, 4) is 17.2 Å². The van der Waals surface area contributed by atoms with E-state index in [4.69, 9.17) is 21.7 Å². The molecule has 2 aromatic carbocycles. The Labute approximate surface area is 225 Å². The molecule has 1 saturated heterocycles. The van der Waals surface area contributed by atoms with E-state index < -0.39 is 4.92 Å². The van der Waals surface area contributed by atoms with Crippen molar-refractivity contribution in [2.24, 2.45) is 0 Å². The Kier molecular flexibility index (Phi) is 6.73. The monoisotopic (exact) mass is 529 g/mol. The number of thiocarbonyl (C=S) groups is 1.